The molecule has 0 aliphatic rings. The predicted octanol–water partition coefficient (Wildman–Crippen LogP) is 1.81. The number of aromatic carboxylic acids is 1. The summed E-state index contributed by atoms with van der Waals surface area (Å²) in [5.41, 5.74) is 0.383. The maximum absolute atomic E-state index is 11.0. The van der Waals surface area contributed by atoms with Gasteiger partial charge in [-0.2, -0.15) is 0 Å². The summed E-state index contributed by atoms with van der Waals surface area (Å²) in [4.78, 5) is 25.6. The van der Waals surface area contributed by atoms with E-state index in [-0.39, 0.29) is 18.5 Å². The van der Waals surface area contributed by atoms with Gasteiger partial charge in [0.05, 0.1) is 11.9 Å². The highest BCUT2D eigenvalue weighted by Crippen LogP contribution is 2.18. The van der Waals surface area contributed by atoms with Crippen molar-refractivity contribution in [2.45, 2.75) is 12.8 Å². The molecule has 0 bridgehead atoms. The zero-order valence-electron chi connectivity index (χ0n) is 9.13. The fraction of sp³-hybridized carbons (Fsp3) is 0.182. The van der Waals surface area contributed by atoms with E-state index in [9.17, 15) is 9.59 Å². The quantitative estimate of drug-likeness (QED) is 0.898. The van der Waals surface area contributed by atoms with E-state index < -0.39 is 11.9 Å². The molecule has 2 N–H and O–H groups in total. The predicted molar refractivity (Wildman–Crippen MR) is 65.8 cm³/mol. The fourth-order valence-corrected chi connectivity index (χ4v) is 2.01. The van der Waals surface area contributed by atoms with Crippen LogP contribution in [-0.4, -0.2) is 31.5 Å². The first-order chi connectivity index (χ1) is 8.49. The van der Waals surface area contributed by atoms with E-state index in [0.717, 1.165) is 4.47 Å². The second-order valence-corrected chi connectivity index (χ2v) is 4.59. The number of rotatable bonds is 4. The van der Waals surface area contributed by atoms with E-state index in [1.54, 1.807) is 22.7 Å². The molecule has 0 aliphatic carbocycles. The van der Waals surface area contributed by atoms with Gasteiger partial charge in [0.15, 0.2) is 5.69 Å². The number of imidazole rings is 1. The lowest BCUT2D eigenvalue weighted by Gasteiger charge is -2.00. The van der Waals surface area contributed by atoms with Crippen LogP contribution in [0.1, 0.15) is 22.7 Å². The van der Waals surface area contributed by atoms with Crippen molar-refractivity contribution in [3.05, 3.63) is 34.3 Å². The summed E-state index contributed by atoms with van der Waals surface area (Å²) in [6.07, 6.45) is 1.76. The first-order valence-corrected chi connectivity index (χ1v) is 5.90. The zero-order chi connectivity index (χ0) is 13.3. The number of aryl methyl sites for hydroxylation is 1. The summed E-state index contributed by atoms with van der Waals surface area (Å²) in [7, 11) is 0. The molecule has 0 fully saturated rings. The largest absolute Gasteiger partial charge is 0.481 e. The van der Waals surface area contributed by atoms with Crippen molar-refractivity contribution in [1.82, 2.24) is 9.38 Å². The number of nitrogens with zero attached hydrogens (tertiary/aromatic N) is 2. The van der Waals surface area contributed by atoms with Crippen molar-refractivity contribution in [3.8, 4) is 0 Å². The van der Waals surface area contributed by atoms with E-state index in [1.807, 2.05) is 0 Å². The molecule has 0 amide bonds. The number of carboxylic acid groups (broad SMARTS) is 2. The van der Waals surface area contributed by atoms with E-state index in [1.165, 1.54) is 0 Å². The van der Waals surface area contributed by atoms with Crippen LogP contribution in [0.5, 0.6) is 0 Å². The molecule has 18 heavy (non-hydrogen) atoms. The topological polar surface area (TPSA) is 91.9 Å². The number of hydrogen-bond donors (Lipinski definition) is 2. The summed E-state index contributed by atoms with van der Waals surface area (Å²) in [5, 5.41) is 17.7. The van der Waals surface area contributed by atoms with Gasteiger partial charge in [-0.05, 0) is 28.1 Å². The molecule has 0 radical (unpaired) electrons. The number of carboxylic acids is 2. The van der Waals surface area contributed by atoms with Crippen LogP contribution in [0.15, 0.2) is 22.8 Å². The summed E-state index contributed by atoms with van der Waals surface area (Å²) in [6, 6.07) is 3.34. The van der Waals surface area contributed by atoms with Crippen molar-refractivity contribution in [2.75, 3.05) is 0 Å². The van der Waals surface area contributed by atoms with Crippen LogP contribution < -0.4 is 0 Å². The third kappa shape index (κ3) is 2.35. The lowest BCUT2D eigenvalue weighted by Crippen LogP contribution is -2.01. The molecule has 2 rings (SSSR count). The number of carbonyl (C=O) groups is 2. The van der Waals surface area contributed by atoms with E-state index in [4.69, 9.17) is 10.2 Å². The number of aromatic nitrogens is 2. The van der Waals surface area contributed by atoms with Crippen LogP contribution in [-0.2, 0) is 11.2 Å². The Morgan fingerprint density at radius 2 is 2.06 bits per heavy atom. The minimum atomic E-state index is -1.13. The Morgan fingerprint density at radius 1 is 1.33 bits per heavy atom. The number of fused-ring (bicyclic) bond motifs is 1. The number of hydrogen-bond acceptors (Lipinski definition) is 3. The third-order valence-corrected chi connectivity index (χ3v) is 2.91. The Hall–Kier alpha value is -1.89. The molecule has 2 aromatic rings. The van der Waals surface area contributed by atoms with Gasteiger partial charge in [-0.1, -0.05) is 0 Å². The van der Waals surface area contributed by atoms with Crippen molar-refractivity contribution >= 4 is 33.4 Å². The molecule has 0 aromatic carbocycles. The minimum Gasteiger partial charge on any atom is -0.481 e. The SMILES string of the molecule is O=C(O)CCc1nc(C(=O)O)c2ccc(Br)cn12. The summed E-state index contributed by atoms with van der Waals surface area (Å²) < 4.78 is 2.36. The zero-order valence-corrected chi connectivity index (χ0v) is 10.7. The highest BCUT2D eigenvalue weighted by molar-refractivity contribution is 9.10. The molecule has 6 nitrogen and oxygen atoms in total. The van der Waals surface area contributed by atoms with Gasteiger partial charge in [0.25, 0.3) is 0 Å². The van der Waals surface area contributed by atoms with Crippen LogP contribution in [0.3, 0.4) is 0 Å². The average molecular weight is 313 g/mol. The molecule has 2 heterocycles. The molecule has 7 heteroatoms. The minimum absolute atomic E-state index is 0.0668. The van der Waals surface area contributed by atoms with Crippen LogP contribution in [0.4, 0.5) is 0 Å². The average Bonchev–Trinajstić information content (AvgIpc) is 2.64. The van der Waals surface area contributed by atoms with Crippen molar-refractivity contribution in [1.29, 1.82) is 0 Å². The normalized spacial score (nSPS) is 10.7. The first kappa shape index (κ1) is 12.6. The molecule has 0 saturated carbocycles. The number of pyridine rings is 1. The van der Waals surface area contributed by atoms with Crippen LogP contribution >= 0.6 is 15.9 Å². The maximum Gasteiger partial charge on any atom is 0.356 e. The lowest BCUT2D eigenvalue weighted by molar-refractivity contribution is -0.137. The molecule has 0 spiro atoms. The molecule has 0 saturated heterocycles. The second kappa shape index (κ2) is 4.77. The van der Waals surface area contributed by atoms with E-state index in [0.29, 0.717) is 11.3 Å². The van der Waals surface area contributed by atoms with Gasteiger partial charge >= 0.3 is 11.9 Å². The molecular formula is C11H9BrN2O4. The lowest BCUT2D eigenvalue weighted by atomic mass is 10.3. The highest BCUT2D eigenvalue weighted by Gasteiger charge is 2.17. The Labute approximate surface area is 110 Å². The van der Waals surface area contributed by atoms with Crippen molar-refractivity contribution in [3.63, 3.8) is 0 Å². The molecule has 94 valence electrons. The first-order valence-electron chi connectivity index (χ1n) is 5.10. The fourth-order valence-electron chi connectivity index (χ4n) is 1.67. The van der Waals surface area contributed by atoms with Gasteiger partial charge in [-0.3, -0.25) is 4.79 Å². The number of aliphatic carboxylic acids is 1. The van der Waals surface area contributed by atoms with Crippen LogP contribution in [0.25, 0.3) is 5.52 Å². The van der Waals surface area contributed by atoms with Crippen molar-refractivity contribution in [2.24, 2.45) is 0 Å². The molecular weight excluding hydrogens is 304 g/mol. The smallest absolute Gasteiger partial charge is 0.356 e. The van der Waals surface area contributed by atoms with Crippen LogP contribution in [0, 0.1) is 0 Å². The second-order valence-electron chi connectivity index (χ2n) is 3.68. The van der Waals surface area contributed by atoms with Gasteiger partial charge < -0.3 is 14.6 Å². The monoisotopic (exact) mass is 312 g/mol. The van der Waals surface area contributed by atoms with Gasteiger partial charge in [0.1, 0.15) is 5.82 Å². The highest BCUT2D eigenvalue weighted by atomic mass is 79.9. The van der Waals surface area contributed by atoms with Crippen molar-refractivity contribution < 1.29 is 19.8 Å². The summed E-state index contributed by atoms with van der Waals surface area (Å²) in [5.74, 6) is -1.65. The Kier molecular flexibility index (Phi) is 3.33. The summed E-state index contributed by atoms with van der Waals surface area (Å²) >= 11 is 3.28. The van der Waals surface area contributed by atoms with Gasteiger partial charge in [0, 0.05) is 17.1 Å². The van der Waals surface area contributed by atoms with Crippen LogP contribution in [0.2, 0.25) is 0 Å². The molecule has 0 unspecified atom stereocenters. The molecule has 0 aliphatic heterocycles. The summed E-state index contributed by atoms with van der Waals surface area (Å²) in [6.45, 7) is 0. The van der Waals surface area contributed by atoms with Gasteiger partial charge in [-0.25, -0.2) is 9.78 Å². The number of halogens is 1. The van der Waals surface area contributed by atoms with E-state index in [2.05, 4.69) is 20.9 Å². The van der Waals surface area contributed by atoms with E-state index >= 15 is 0 Å². The standard InChI is InChI=1S/C11H9BrN2O4/c12-6-1-2-7-10(11(17)18)13-8(14(7)5-6)3-4-9(15)16/h1-2,5H,3-4H2,(H,15,16)(H,17,18). The maximum atomic E-state index is 11.0. The Bertz CT molecular complexity index is 635. The van der Waals surface area contributed by atoms with Gasteiger partial charge in [0.2, 0.25) is 0 Å². The van der Waals surface area contributed by atoms with Gasteiger partial charge in [-0.15, -0.1) is 0 Å². The Morgan fingerprint density at radius 3 is 2.67 bits per heavy atom. The molecule has 0 atom stereocenters. The Balaban J connectivity index is 2.54. The molecule has 2 aromatic heterocycles. The third-order valence-electron chi connectivity index (χ3n) is 2.44.